The number of carbonyl (C=O) groups is 7. The molecule has 0 amide bonds. The van der Waals surface area contributed by atoms with E-state index in [2.05, 4.69) is 111 Å². The Morgan fingerprint density at radius 2 is 0.814 bits per heavy atom. The lowest BCUT2D eigenvalue weighted by Crippen LogP contribution is -2.32. The standard InChI is InChI=1S/C13H15ClN2O6.C9H7ClN2O2.C8H6Br2ClNO2.C8H7BrClNO2.C8H7ClN2O4.C8H9ClN2O2.C5H2Cl2N2O2/c1-13(2,3)22-12(18)10(11(17)21-4)9-7(14)5-15-6-8(9)16(19)20;1-14-9(13)2-7-6(3-11)4-12-5-8(7)10;1-14-8(13)7(10)6-4(9)2-12-3-5(6)11;1-13-8(12)2-5-6(9)3-11-4-7(5)10;1-15-8(12)2-5-6(9)3-10-4-7(5)11(13)14;1-13-8(12)2-5-6(9)3-11-4-7(5)10;6-3-1-8-2-4(5(3)7)9(10)11/h5-6,10H,1-4H3;4-5H,2H2,1H3;2-3,7H,1H3;3-4H,2H2,1H3;3-4H,2H2,1H3;3-4H,2,10H2,1H3;1-2H. The fraction of sp³-hybridized carbons (Fsp3) is 0.271. The number of halogens is 11. The van der Waals surface area contributed by atoms with Gasteiger partial charge in [-0.2, -0.15) is 5.26 Å². The minimum absolute atomic E-state index is 0.0131. The van der Waals surface area contributed by atoms with E-state index in [1.807, 2.05) is 6.07 Å². The Labute approximate surface area is 644 Å². The van der Waals surface area contributed by atoms with E-state index >= 15 is 0 Å². The zero-order valence-electron chi connectivity index (χ0n) is 53.9. The Balaban J connectivity index is 0.000000601. The number of nitrogens with zero attached hydrogens (tertiary/aromatic N) is 11. The van der Waals surface area contributed by atoms with E-state index in [0.29, 0.717) is 62.5 Å². The molecular weight excluding hydrogens is 1720 g/mol. The summed E-state index contributed by atoms with van der Waals surface area (Å²) in [5, 5.41) is 42.1. The van der Waals surface area contributed by atoms with E-state index in [1.54, 1.807) is 33.2 Å². The van der Waals surface area contributed by atoms with Gasteiger partial charge in [-0.3, -0.25) is 98.8 Å². The Morgan fingerprint density at radius 3 is 1.23 bits per heavy atom. The first-order valence-corrected chi connectivity index (χ1v) is 32.6. The maximum absolute atomic E-state index is 12.3. The van der Waals surface area contributed by atoms with Gasteiger partial charge in [0.2, 0.25) is 0 Å². The summed E-state index contributed by atoms with van der Waals surface area (Å²) < 4.78 is 33.5. The highest BCUT2D eigenvalue weighted by Gasteiger charge is 2.40. The average molecular weight is 1770 g/mol. The molecular formula is C59H53Br3Cl8N12O20. The number of nitro groups is 3. The smallest absolute Gasteiger partial charge is 0.325 e. The Bertz CT molecular complexity index is 4060. The van der Waals surface area contributed by atoms with Crippen LogP contribution >= 0.6 is 141 Å². The van der Waals surface area contributed by atoms with Crippen LogP contribution in [0.4, 0.5) is 22.7 Å². The number of hydrogen-bond acceptors (Lipinski definition) is 29. The normalized spacial score (nSPS) is 10.6. The number of methoxy groups -OCH3 is 6. The summed E-state index contributed by atoms with van der Waals surface area (Å²) in [7, 11) is 7.51. The van der Waals surface area contributed by atoms with Crippen molar-refractivity contribution in [3.63, 3.8) is 0 Å². The molecule has 0 aliphatic heterocycles. The predicted molar refractivity (Wildman–Crippen MR) is 381 cm³/mol. The number of esters is 7. The molecule has 2 N–H and O–H groups in total. The average Bonchev–Trinajstić information content (AvgIpc) is 0.794. The molecule has 43 heteroatoms. The number of aromatic nitrogens is 7. The van der Waals surface area contributed by atoms with Gasteiger partial charge in [-0.25, -0.2) is 0 Å². The molecule has 0 aromatic carbocycles. The van der Waals surface area contributed by atoms with Crippen LogP contribution in [0, 0.1) is 41.7 Å². The molecule has 0 aliphatic rings. The second kappa shape index (κ2) is 46.3. The summed E-state index contributed by atoms with van der Waals surface area (Å²) in [6.45, 7) is 4.80. The molecule has 32 nitrogen and oxygen atoms in total. The van der Waals surface area contributed by atoms with Crippen molar-refractivity contribution in [1.82, 2.24) is 34.9 Å². The molecule has 0 spiro atoms. The van der Waals surface area contributed by atoms with Crippen molar-refractivity contribution in [2.45, 2.75) is 62.8 Å². The van der Waals surface area contributed by atoms with E-state index in [-0.39, 0.29) is 80.2 Å². The molecule has 7 aromatic heterocycles. The fourth-order valence-electron chi connectivity index (χ4n) is 6.76. The molecule has 0 saturated carbocycles. The van der Waals surface area contributed by atoms with Crippen molar-refractivity contribution < 1.29 is 81.5 Å². The Kier molecular flexibility index (Phi) is 41.5. The van der Waals surface area contributed by atoms with Gasteiger partial charge in [-0.05, 0) is 58.2 Å². The fourth-order valence-corrected chi connectivity index (χ4v) is 10.9. The Hall–Kier alpha value is -8.41. The molecule has 2 unspecified atom stereocenters. The highest BCUT2D eigenvalue weighted by atomic mass is 79.9. The van der Waals surface area contributed by atoms with Gasteiger partial charge in [0.15, 0.2) is 5.92 Å². The van der Waals surface area contributed by atoms with Gasteiger partial charge in [-0.1, -0.05) is 109 Å². The predicted octanol–water partition coefficient (Wildman–Crippen LogP) is 13.6. The minimum atomic E-state index is -1.67. The highest BCUT2D eigenvalue weighted by molar-refractivity contribution is 9.11. The molecule has 2 atom stereocenters. The number of nitriles is 1. The van der Waals surface area contributed by atoms with Crippen LogP contribution in [0.2, 0.25) is 40.2 Å². The van der Waals surface area contributed by atoms with Crippen LogP contribution in [-0.4, -0.2) is 140 Å². The van der Waals surface area contributed by atoms with E-state index in [9.17, 15) is 63.9 Å². The van der Waals surface area contributed by atoms with Gasteiger partial charge in [-0.15, -0.1) is 0 Å². The number of nitrogens with two attached hydrogens (primary N) is 1. The van der Waals surface area contributed by atoms with Crippen molar-refractivity contribution in [3.8, 4) is 6.07 Å². The van der Waals surface area contributed by atoms with Crippen LogP contribution in [-0.2, 0) is 92.4 Å². The Morgan fingerprint density at radius 1 is 0.461 bits per heavy atom. The molecule has 7 heterocycles. The molecule has 0 aliphatic carbocycles. The number of alkyl halides is 1. The summed E-state index contributed by atoms with van der Waals surface area (Å²) in [6.07, 6.45) is 18.3. The molecule has 7 aromatic rings. The third-order valence-corrected chi connectivity index (χ3v) is 16.4. The second-order valence-corrected chi connectivity index (χ2v) is 25.2. The second-order valence-electron chi connectivity index (χ2n) is 19.3. The zero-order chi connectivity index (χ0) is 77.9. The van der Waals surface area contributed by atoms with Gasteiger partial charge in [0.05, 0.1) is 147 Å². The summed E-state index contributed by atoms with van der Waals surface area (Å²) >= 11 is 55.5. The SMILES string of the molecule is COC(=O)C(Br)c1c(Cl)cncc1Br.COC(=O)C(C(=O)OC(C)(C)C)c1c(Cl)cncc1[N+](=O)[O-].COC(=O)Cc1c(Cl)cncc1Br.COC(=O)Cc1c(Cl)cncc1C#N.COC(=O)Cc1c(Cl)cncc1[N+](=O)[O-].COC(=O)Cc1c(N)cncc1Cl.O=[N+]([O-])c1cncc(Cl)c1Cl. The summed E-state index contributed by atoms with van der Waals surface area (Å²) in [5.41, 5.74) is 6.39. The third kappa shape index (κ3) is 30.7. The van der Waals surface area contributed by atoms with E-state index in [1.165, 1.54) is 85.1 Å². The van der Waals surface area contributed by atoms with Crippen LogP contribution in [0.3, 0.4) is 0 Å². The van der Waals surface area contributed by atoms with E-state index in [0.717, 1.165) is 31.9 Å². The maximum atomic E-state index is 12.3. The number of anilines is 1. The van der Waals surface area contributed by atoms with Crippen molar-refractivity contribution in [2.24, 2.45) is 0 Å². The maximum Gasteiger partial charge on any atom is 0.325 e. The first-order valence-electron chi connectivity index (χ1n) is 27.1. The first kappa shape index (κ1) is 91.6. The number of hydrogen-bond donors (Lipinski definition) is 1. The minimum Gasteiger partial charge on any atom is -0.469 e. The van der Waals surface area contributed by atoms with Gasteiger partial charge >= 0.3 is 47.5 Å². The van der Waals surface area contributed by atoms with Gasteiger partial charge in [0, 0.05) is 87.6 Å². The molecule has 0 saturated heterocycles. The van der Waals surface area contributed by atoms with Crippen molar-refractivity contribution in [3.05, 3.63) is 205 Å². The van der Waals surface area contributed by atoms with Crippen LogP contribution in [0.5, 0.6) is 0 Å². The lowest BCUT2D eigenvalue weighted by Gasteiger charge is -2.23. The lowest BCUT2D eigenvalue weighted by molar-refractivity contribution is -0.386. The van der Waals surface area contributed by atoms with Gasteiger partial charge < -0.3 is 38.9 Å². The summed E-state index contributed by atoms with van der Waals surface area (Å²) in [5.74, 6) is -5.80. The summed E-state index contributed by atoms with van der Waals surface area (Å²) in [6, 6.07) is 1.91. The van der Waals surface area contributed by atoms with E-state index in [4.69, 9.17) is 109 Å². The van der Waals surface area contributed by atoms with Crippen LogP contribution in [0.15, 0.2) is 95.7 Å². The highest BCUT2D eigenvalue weighted by Crippen LogP contribution is 2.37. The molecule has 102 heavy (non-hydrogen) atoms. The molecule has 0 radical (unpaired) electrons. The van der Waals surface area contributed by atoms with Crippen LogP contribution < -0.4 is 5.73 Å². The number of pyridine rings is 7. The quantitative estimate of drug-likeness (QED) is 0.0234. The number of nitrogen functional groups attached to an aromatic ring is 1. The van der Waals surface area contributed by atoms with E-state index < -0.39 is 66.6 Å². The number of carbonyl (C=O) groups excluding carboxylic acids is 7. The van der Waals surface area contributed by atoms with Gasteiger partial charge in [0.1, 0.15) is 40.1 Å². The van der Waals surface area contributed by atoms with Crippen LogP contribution in [0.25, 0.3) is 0 Å². The largest absolute Gasteiger partial charge is 0.469 e. The number of ether oxygens (including phenoxy) is 7. The van der Waals surface area contributed by atoms with Crippen LogP contribution in [0.1, 0.15) is 70.5 Å². The molecule has 546 valence electrons. The van der Waals surface area contributed by atoms with Crippen molar-refractivity contribution in [1.29, 1.82) is 5.26 Å². The molecule has 0 bridgehead atoms. The zero-order valence-corrected chi connectivity index (χ0v) is 64.7. The monoisotopic (exact) mass is 1770 g/mol. The third-order valence-electron chi connectivity index (χ3n) is 11.5. The van der Waals surface area contributed by atoms with Crippen molar-refractivity contribution >= 4 is 205 Å². The topological polar surface area (TPSA) is 454 Å². The summed E-state index contributed by atoms with van der Waals surface area (Å²) in [4.78, 5) is 134. The molecule has 7 rings (SSSR count). The van der Waals surface area contributed by atoms with Gasteiger partial charge in [0.25, 0.3) is 11.4 Å². The van der Waals surface area contributed by atoms with Crippen molar-refractivity contribution in [2.75, 3.05) is 48.4 Å². The lowest BCUT2D eigenvalue weighted by atomic mass is 9.98. The molecule has 0 fully saturated rings. The first-order chi connectivity index (χ1) is 47.8. The number of rotatable bonds is 16.